The smallest absolute Gasteiger partial charge is 0.142 e. The Morgan fingerprint density at radius 3 is 2.92 bits per heavy atom. The Balaban J connectivity index is 2.86. The average molecular weight is 161 g/mol. The molecule has 0 aliphatic carbocycles. The van der Waals surface area contributed by atoms with Crippen LogP contribution in [0.5, 0.6) is 0 Å². The van der Waals surface area contributed by atoms with Crippen LogP contribution in [0.3, 0.4) is 0 Å². The first-order chi connectivity index (χ1) is 5.86. The van der Waals surface area contributed by atoms with Gasteiger partial charge in [0.2, 0.25) is 0 Å². The fourth-order valence-corrected chi connectivity index (χ4v) is 0.974. The van der Waals surface area contributed by atoms with E-state index in [0.717, 1.165) is 17.4 Å². The fourth-order valence-electron chi connectivity index (χ4n) is 0.974. The number of aldehydes is 1. The van der Waals surface area contributed by atoms with Crippen molar-refractivity contribution in [3.63, 3.8) is 0 Å². The van der Waals surface area contributed by atoms with E-state index in [1.54, 1.807) is 6.08 Å². The van der Waals surface area contributed by atoms with Gasteiger partial charge in [0.15, 0.2) is 0 Å². The summed E-state index contributed by atoms with van der Waals surface area (Å²) in [6.45, 7) is 0.531. The van der Waals surface area contributed by atoms with Crippen molar-refractivity contribution in [3.05, 3.63) is 41.5 Å². The molecule has 0 atom stereocenters. The van der Waals surface area contributed by atoms with Gasteiger partial charge in [-0.15, -0.1) is 0 Å². The second-order valence-corrected chi connectivity index (χ2v) is 2.44. The largest absolute Gasteiger partial charge is 0.326 e. The van der Waals surface area contributed by atoms with Crippen molar-refractivity contribution in [2.24, 2.45) is 5.73 Å². The van der Waals surface area contributed by atoms with Crippen molar-refractivity contribution < 1.29 is 4.79 Å². The van der Waals surface area contributed by atoms with Crippen molar-refractivity contribution in [1.29, 1.82) is 0 Å². The lowest BCUT2D eigenvalue weighted by atomic mass is 10.1. The molecule has 0 amide bonds. The van der Waals surface area contributed by atoms with Crippen LogP contribution in [0, 0.1) is 0 Å². The molecule has 0 saturated heterocycles. The van der Waals surface area contributed by atoms with Crippen molar-refractivity contribution in [2.75, 3.05) is 0 Å². The summed E-state index contributed by atoms with van der Waals surface area (Å²) in [4.78, 5) is 10.0. The van der Waals surface area contributed by atoms with E-state index >= 15 is 0 Å². The van der Waals surface area contributed by atoms with Gasteiger partial charge in [0.25, 0.3) is 0 Å². The summed E-state index contributed by atoms with van der Waals surface area (Å²) >= 11 is 0. The zero-order valence-electron chi connectivity index (χ0n) is 6.73. The SMILES string of the molecule is NCc1cccc(C=CC=O)c1. The summed E-state index contributed by atoms with van der Waals surface area (Å²) in [6, 6.07) is 7.77. The van der Waals surface area contributed by atoms with Gasteiger partial charge >= 0.3 is 0 Å². The van der Waals surface area contributed by atoms with E-state index in [1.165, 1.54) is 6.08 Å². The predicted octanol–water partition coefficient (Wildman–Crippen LogP) is 1.36. The molecule has 0 aromatic heterocycles. The van der Waals surface area contributed by atoms with Gasteiger partial charge < -0.3 is 5.73 Å². The summed E-state index contributed by atoms with van der Waals surface area (Å²) in [5, 5.41) is 0. The molecule has 0 saturated carbocycles. The van der Waals surface area contributed by atoms with Crippen molar-refractivity contribution in [3.8, 4) is 0 Å². The van der Waals surface area contributed by atoms with Crippen LogP contribution in [-0.4, -0.2) is 6.29 Å². The lowest BCUT2D eigenvalue weighted by Crippen LogP contribution is -1.95. The lowest BCUT2D eigenvalue weighted by Gasteiger charge is -1.96. The van der Waals surface area contributed by atoms with Gasteiger partial charge in [0, 0.05) is 6.54 Å². The third-order valence-corrected chi connectivity index (χ3v) is 1.55. The topological polar surface area (TPSA) is 43.1 Å². The number of hydrogen-bond acceptors (Lipinski definition) is 2. The van der Waals surface area contributed by atoms with E-state index < -0.39 is 0 Å². The van der Waals surface area contributed by atoms with Crippen LogP contribution < -0.4 is 5.73 Å². The molecule has 0 radical (unpaired) electrons. The Hall–Kier alpha value is -1.41. The Labute approximate surface area is 71.7 Å². The first kappa shape index (κ1) is 8.68. The number of allylic oxidation sites excluding steroid dienone is 1. The summed E-state index contributed by atoms with van der Waals surface area (Å²) in [5.41, 5.74) is 7.53. The van der Waals surface area contributed by atoms with E-state index in [9.17, 15) is 4.79 Å². The standard InChI is InChI=1S/C10H11NO/c11-8-10-4-1-3-9(7-10)5-2-6-12/h1-7H,8,11H2. The molecule has 0 aliphatic rings. The van der Waals surface area contributed by atoms with Crippen LogP contribution in [-0.2, 0) is 11.3 Å². The predicted molar refractivity (Wildman–Crippen MR) is 49.4 cm³/mol. The number of carbonyl (C=O) groups excluding carboxylic acids is 1. The summed E-state index contributed by atoms with van der Waals surface area (Å²) in [5.74, 6) is 0. The first-order valence-corrected chi connectivity index (χ1v) is 3.77. The molecule has 0 bridgehead atoms. The number of nitrogens with two attached hydrogens (primary N) is 1. The summed E-state index contributed by atoms with van der Waals surface area (Å²) in [7, 11) is 0. The maximum atomic E-state index is 10.0. The zero-order valence-corrected chi connectivity index (χ0v) is 6.73. The molecule has 0 fully saturated rings. The lowest BCUT2D eigenvalue weighted by molar-refractivity contribution is -0.104. The molecule has 12 heavy (non-hydrogen) atoms. The van der Waals surface area contributed by atoms with Crippen LogP contribution in [0.4, 0.5) is 0 Å². The molecule has 2 heteroatoms. The first-order valence-electron chi connectivity index (χ1n) is 3.77. The molecule has 62 valence electrons. The van der Waals surface area contributed by atoms with Gasteiger partial charge in [-0.25, -0.2) is 0 Å². The van der Waals surface area contributed by atoms with Gasteiger partial charge in [0.05, 0.1) is 0 Å². The monoisotopic (exact) mass is 161 g/mol. The third kappa shape index (κ3) is 2.32. The highest BCUT2D eigenvalue weighted by molar-refractivity contribution is 5.73. The van der Waals surface area contributed by atoms with E-state index in [4.69, 9.17) is 5.73 Å². The minimum absolute atomic E-state index is 0.531. The van der Waals surface area contributed by atoms with E-state index in [2.05, 4.69) is 0 Å². The normalized spacial score (nSPS) is 10.4. The molecule has 0 aliphatic heterocycles. The number of rotatable bonds is 3. The second kappa shape index (κ2) is 4.46. The molecule has 0 heterocycles. The highest BCUT2D eigenvalue weighted by atomic mass is 16.1. The zero-order chi connectivity index (χ0) is 8.81. The minimum Gasteiger partial charge on any atom is -0.326 e. The Kier molecular flexibility index (Phi) is 3.23. The van der Waals surface area contributed by atoms with Gasteiger partial charge in [-0.2, -0.15) is 0 Å². The van der Waals surface area contributed by atoms with Gasteiger partial charge in [-0.3, -0.25) is 4.79 Å². The van der Waals surface area contributed by atoms with E-state index in [1.807, 2.05) is 24.3 Å². The maximum absolute atomic E-state index is 10.0. The summed E-state index contributed by atoms with van der Waals surface area (Å²) < 4.78 is 0. The van der Waals surface area contributed by atoms with Crippen LogP contribution in [0.2, 0.25) is 0 Å². The molecule has 0 unspecified atom stereocenters. The molecule has 1 rings (SSSR count). The van der Waals surface area contributed by atoms with Crippen LogP contribution >= 0.6 is 0 Å². The van der Waals surface area contributed by atoms with Gasteiger partial charge in [-0.1, -0.05) is 30.3 Å². The number of carbonyl (C=O) groups is 1. The fraction of sp³-hybridized carbons (Fsp3) is 0.100. The number of benzene rings is 1. The Bertz CT molecular complexity index is 292. The molecular formula is C10H11NO. The average Bonchev–Trinajstić information content (AvgIpc) is 2.15. The van der Waals surface area contributed by atoms with Crippen molar-refractivity contribution in [1.82, 2.24) is 0 Å². The van der Waals surface area contributed by atoms with Crippen LogP contribution in [0.25, 0.3) is 6.08 Å². The highest BCUT2D eigenvalue weighted by Crippen LogP contribution is 2.05. The highest BCUT2D eigenvalue weighted by Gasteiger charge is 1.89. The number of hydrogen-bond donors (Lipinski definition) is 1. The summed E-state index contributed by atoms with van der Waals surface area (Å²) in [6.07, 6.45) is 3.98. The van der Waals surface area contributed by atoms with Crippen LogP contribution in [0.15, 0.2) is 30.3 Å². The minimum atomic E-state index is 0.531. The van der Waals surface area contributed by atoms with Crippen molar-refractivity contribution in [2.45, 2.75) is 6.54 Å². The second-order valence-electron chi connectivity index (χ2n) is 2.44. The molecule has 2 N–H and O–H groups in total. The molecule has 1 aromatic carbocycles. The van der Waals surface area contributed by atoms with Crippen LogP contribution in [0.1, 0.15) is 11.1 Å². The van der Waals surface area contributed by atoms with E-state index in [0.29, 0.717) is 6.54 Å². The van der Waals surface area contributed by atoms with E-state index in [-0.39, 0.29) is 0 Å². The van der Waals surface area contributed by atoms with Gasteiger partial charge in [-0.05, 0) is 17.2 Å². The Morgan fingerprint density at radius 2 is 2.25 bits per heavy atom. The molecular weight excluding hydrogens is 150 g/mol. The Morgan fingerprint density at radius 1 is 1.42 bits per heavy atom. The third-order valence-electron chi connectivity index (χ3n) is 1.55. The molecule has 1 aromatic rings. The molecule has 0 spiro atoms. The van der Waals surface area contributed by atoms with Gasteiger partial charge in [0.1, 0.15) is 6.29 Å². The molecule has 2 nitrogen and oxygen atoms in total. The maximum Gasteiger partial charge on any atom is 0.142 e. The quantitative estimate of drug-likeness (QED) is 0.537. The van der Waals surface area contributed by atoms with Crippen molar-refractivity contribution >= 4 is 12.4 Å².